The van der Waals surface area contributed by atoms with E-state index in [1.807, 2.05) is 0 Å². The largest absolute Gasteiger partial charge is 0.396 e. The molecule has 0 radical (unpaired) electrons. The van der Waals surface area contributed by atoms with Crippen LogP contribution in [0.1, 0.15) is 6.92 Å². The molecule has 0 saturated heterocycles. The highest BCUT2D eigenvalue weighted by molar-refractivity contribution is 6.12. The number of aliphatic hydroxyl groups is 2. The van der Waals surface area contributed by atoms with E-state index in [2.05, 4.69) is 0 Å². The fourth-order valence-corrected chi connectivity index (χ4v) is 1.12. The van der Waals surface area contributed by atoms with Gasteiger partial charge < -0.3 is 10.2 Å². The van der Waals surface area contributed by atoms with E-state index in [4.69, 9.17) is 10.2 Å². The highest BCUT2D eigenvalue weighted by Crippen LogP contribution is 2.18. The molecule has 1 rings (SSSR count). The molecular formula is C9H13NO4. The highest BCUT2D eigenvalue weighted by Gasteiger charge is 2.32. The van der Waals surface area contributed by atoms with Gasteiger partial charge in [0.1, 0.15) is 0 Å². The molecule has 5 nitrogen and oxygen atoms in total. The van der Waals surface area contributed by atoms with Crippen molar-refractivity contribution in [3.05, 3.63) is 12.2 Å². The standard InChI is InChI=1S/C9H13NO4/c1-9(5-11,6-12)4-10-7(13)2-3-8(10)14/h2-3,11-12H,4-6H2,1H3. The first kappa shape index (κ1) is 10.9. The average Bonchev–Trinajstić information content (AvgIpc) is 2.49. The molecule has 78 valence electrons. The molecule has 1 heterocycles. The third-order valence-corrected chi connectivity index (χ3v) is 2.20. The number of hydrogen-bond acceptors (Lipinski definition) is 4. The van der Waals surface area contributed by atoms with E-state index in [9.17, 15) is 9.59 Å². The molecule has 1 aliphatic heterocycles. The molecule has 1 aliphatic rings. The Morgan fingerprint density at radius 1 is 1.21 bits per heavy atom. The molecule has 0 saturated carbocycles. The molecule has 0 spiro atoms. The Labute approximate surface area is 81.6 Å². The van der Waals surface area contributed by atoms with Gasteiger partial charge >= 0.3 is 0 Å². The Balaban J connectivity index is 2.69. The van der Waals surface area contributed by atoms with Gasteiger partial charge in [0.25, 0.3) is 11.8 Å². The summed E-state index contributed by atoms with van der Waals surface area (Å²) in [6.07, 6.45) is 2.36. The summed E-state index contributed by atoms with van der Waals surface area (Å²) in [5.41, 5.74) is -0.836. The van der Waals surface area contributed by atoms with Gasteiger partial charge in [-0.2, -0.15) is 0 Å². The summed E-state index contributed by atoms with van der Waals surface area (Å²) < 4.78 is 0. The van der Waals surface area contributed by atoms with Crippen LogP contribution in [0.5, 0.6) is 0 Å². The second-order valence-electron chi connectivity index (χ2n) is 3.72. The van der Waals surface area contributed by atoms with E-state index in [0.29, 0.717) is 0 Å². The molecule has 0 fully saturated rings. The normalized spacial score (nSPS) is 16.9. The van der Waals surface area contributed by atoms with Crippen LogP contribution in [0.3, 0.4) is 0 Å². The first-order valence-electron chi connectivity index (χ1n) is 4.28. The van der Waals surface area contributed by atoms with E-state index in [-0.39, 0.29) is 19.8 Å². The zero-order valence-corrected chi connectivity index (χ0v) is 7.93. The van der Waals surface area contributed by atoms with Crippen LogP contribution in [-0.4, -0.2) is 46.7 Å². The van der Waals surface area contributed by atoms with Crippen LogP contribution in [-0.2, 0) is 9.59 Å². The molecule has 14 heavy (non-hydrogen) atoms. The van der Waals surface area contributed by atoms with Crippen LogP contribution in [0.2, 0.25) is 0 Å². The van der Waals surface area contributed by atoms with Gasteiger partial charge in [-0.15, -0.1) is 0 Å². The molecular weight excluding hydrogens is 186 g/mol. The zero-order chi connectivity index (χ0) is 10.8. The molecule has 0 aromatic heterocycles. The zero-order valence-electron chi connectivity index (χ0n) is 7.93. The molecule has 0 unspecified atom stereocenters. The number of carbonyl (C=O) groups excluding carboxylic acids is 2. The Bertz CT molecular complexity index is 263. The Morgan fingerprint density at radius 3 is 2.00 bits per heavy atom. The molecule has 0 aromatic carbocycles. The number of aliphatic hydroxyl groups excluding tert-OH is 2. The average molecular weight is 199 g/mol. The lowest BCUT2D eigenvalue weighted by atomic mass is 9.92. The maximum absolute atomic E-state index is 11.1. The summed E-state index contributed by atoms with van der Waals surface area (Å²) >= 11 is 0. The number of imide groups is 1. The van der Waals surface area contributed by atoms with Crippen molar-refractivity contribution in [3.8, 4) is 0 Å². The van der Waals surface area contributed by atoms with Crippen molar-refractivity contribution in [2.24, 2.45) is 5.41 Å². The summed E-state index contributed by atoms with van der Waals surface area (Å²) in [6.45, 7) is 1.08. The molecule has 0 bridgehead atoms. The first-order chi connectivity index (χ1) is 6.52. The summed E-state index contributed by atoms with van der Waals surface area (Å²) in [6, 6.07) is 0. The van der Waals surface area contributed by atoms with Crippen LogP contribution in [0.4, 0.5) is 0 Å². The number of nitrogens with zero attached hydrogens (tertiary/aromatic N) is 1. The summed E-state index contributed by atoms with van der Waals surface area (Å²) in [4.78, 5) is 23.3. The predicted molar refractivity (Wildman–Crippen MR) is 48.1 cm³/mol. The van der Waals surface area contributed by atoms with Gasteiger partial charge in [0.15, 0.2) is 0 Å². The fraction of sp³-hybridized carbons (Fsp3) is 0.556. The van der Waals surface area contributed by atoms with Crippen LogP contribution in [0.25, 0.3) is 0 Å². The van der Waals surface area contributed by atoms with Gasteiger partial charge in [-0.3, -0.25) is 14.5 Å². The molecule has 2 N–H and O–H groups in total. The highest BCUT2D eigenvalue weighted by atomic mass is 16.3. The predicted octanol–water partition coefficient (Wildman–Crippen LogP) is -1.10. The van der Waals surface area contributed by atoms with Crippen molar-refractivity contribution in [2.75, 3.05) is 19.8 Å². The Morgan fingerprint density at radius 2 is 1.64 bits per heavy atom. The van der Waals surface area contributed by atoms with Gasteiger partial charge in [0.2, 0.25) is 0 Å². The van der Waals surface area contributed by atoms with E-state index < -0.39 is 17.2 Å². The van der Waals surface area contributed by atoms with Crippen LogP contribution >= 0.6 is 0 Å². The van der Waals surface area contributed by atoms with E-state index in [1.165, 1.54) is 12.2 Å². The van der Waals surface area contributed by atoms with E-state index in [1.54, 1.807) is 6.92 Å². The van der Waals surface area contributed by atoms with Gasteiger partial charge in [-0.25, -0.2) is 0 Å². The van der Waals surface area contributed by atoms with Crippen LogP contribution < -0.4 is 0 Å². The quantitative estimate of drug-likeness (QED) is 0.563. The second-order valence-corrected chi connectivity index (χ2v) is 3.72. The third kappa shape index (κ3) is 2.00. The van der Waals surface area contributed by atoms with Crippen molar-refractivity contribution in [2.45, 2.75) is 6.92 Å². The SMILES string of the molecule is CC(CO)(CO)CN1C(=O)C=CC1=O. The lowest BCUT2D eigenvalue weighted by Gasteiger charge is -2.28. The maximum atomic E-state index is 11.1. The molecule has 0 aromatic rings. The summed E-state index contributed by atoms with van der Waals surface area (Å²) in [5.74, 6) is -0.800. The van der Waals surface area contributed by atoms with Crippen molar-refractivity contribution in [1.82, 2.24) is 4.90 Å². The number of hydrogen-bond donors (Lipinski definition) is 2. The molecule has 2 amide bonds. The Hall–Kier alpha value is -1.20. The van der Waals surface area contributed by atoms with Crippen molar-refractivity contribution in [1.29, 1.82) is 0 Å². The number of amides is 2. The van der Waals surface area contributed by atoms with Crippen molar-refractivity contribution < 1.29 is 19.8 Å². The second kappa shape index (κ2) is 3.89. The van der Waals surface area contributed by atoms with Gasteiger partial charge in [-0.1, -0.05) is 6.92 Å². The summed E-state index contributed by atoms with van der Waals surface area (Å²) in [5, 5.41) is 18.0. The van der Waals surface area contributed by atoms with Crippen molar-refractivity contribution in [3.63, 3.8) is 0 Å². The third-order valence-electron chi connectivity index (χ3n) is 2.20. The van der Waals surface area contributed by atoms with Gasteiger partial charge in [0.05, 0.1) is 13.2 Å². The number of carbonyl (C=O) groups is 2. The lowest BCUT2D eigenvalue weighted by molar-refractivity contribution is -0.139. The molecule has 0 atom stereocenters. The topological polar surface area (TPSA) is 77.8 Å². The lowest BCUT2D eigenvalue weighted by Crippen LogP contribution is -2.43. The maximum Gasteiger partial charge on any atom is 0.253 e. The van der Waals surface area contributed by atoms with E-state index in [0.717, 1.165) is 4.90 Å². The summed E-state index contributed by atoms with van der Waals surface area (Å²) in [7, 11) is 0. The monoisotopic (exact) mass is 199 g/mol. The molecule has 0 aliphatic carbocycles. The van der Waals surface area contributed by atoms with Crippen molar-refractivity contribution >= 4 is 11.8 Å². The Kier molecular flexibility index (Phi) is 3.03. The van der Waals surface area contributed by atoms with Gasteiger partial charge in [0, 0.05) is 24.1 Å². The minimum Gasteiger partial charge on any atom is -0.396 e. The van der Waals surface area contributed by atoms with Crippen LogP contribution in [0, 0.1) is 5.41 Å². The minimum atomic E-state index is -0.836. The minimum absolute atomic E-state index is 0.0324. The molecule has 5 heteroatoms. The van der Waals surface area contributed by atoms with Gasteiger partial charge in [-0.05, 0) is 0 Å². The van der Waals surface area contributed by atoms with Crippen LogP contribution in [0.15, 0.2) is 12.2 Å². The van der Waals surface area contributed by atoms with E-state index >= 15 is 0 Å². The number of rotatable bonds is 4. The fourth-order valence-electron chi connectivity index (χ4n) is 1.12. The first-order valence-corrected chi connectivity index (χ1v) is 4.28. The smallest absolute Gasteiger partial charge is 0.253 e.